The first kappa shape index (κ1) is 6.37. The van der Waals surface area contributed by atoms with Crippen LogP contribution in [0.1, 0.15) is 12.8 Å². The molecule has 1 N–H and O–H groups in total. The molecule has 9 heavy (non-hydrogen) atoms. The fourth-order valence-corrected chi connectivity index (χ4v) is 2.73. The molecule has 2 rings (SSSR count). The van der Waals surface area contributed by atoms with Crippen molar-refractivity contribution in [1.29, 1.82) is 0 Å². The quantitative estimate of drug-likeness (QED) is 0.500. The molecule has 2 saturated heterocycles. The number of rotatable bonds is 0. The van der Waals surface area contributed by atoms with Crippen LogP contribution < -0.4 is 5.32 Å². The molecule has 2 fully saturated rings. The van der Waals surface area contributed by atoms with Gasteiger partial charge in [-0.1, -0.05) is 0 Å². The minimum Gasteiger partial charge on any atom is -0.301 e. The molecule has 2 aliphatic rings. The molecule has 2 nitrogen and oxygen atoms in total. The minimum atomic E-state index is 0.714. The van der Waals surface area contributed by atoms with Crippen molar-refractivity contribution in [1.82, 2.24) is 8.43 Å². The fourth-order valence-electron chi connectivity index (χ4n) is 1.80. The normalized spacial score (nSPS) is 43.7. The molecule has 2 aliphatic heterocycles. The molecule has 0 aromatic rings. The highest BCUT2D eigenvalue weighted by atomic mass is 127. The zero-order chi connectivity index (χ0) is 6.27. The van der Waals surface area contributed by atoms with Crippen LogP contribution in [0.25, 0.3) is 0 Å². The predicted octanol–water partition coefficient (Wildman–Crippen LogP) is 0.978. The van der Waals surface area contributed by atoms with Gasteiger partial charge in [-0.3, -0.25) is 0 Å². The van der Waals surface area contributed by atoms with Gasteiger partial charge in [0.05, 0.1) is 6.17 Å². The van der Waals surface area contributed by atoms with Gasteiger partial charge in [-0.05, 0) is 25.3 Å². The van der Waals surface area contributed by atoms with E-state index in [9.17, 15) is 0 Å². The van der Waals surface area contributed by atoms with E-state index in [-0.39, 0.29) is 0 Å². The van der Waals surface area contributed by atoms with Gasteiger partial charge in [0.25, 0.3) is 0 Å². The molecule has 3 heteroatoms. The molecule has 52 valence electrons. The zero-order valence-corrected chi connectivity index (χ0v) is 7.47. The average molecular weight is 238 g/mol. The molecule has 0 saturated carbocycles. The number of fused-ring (bicyclic) bond motifs is 1. The molecular formula is C6H11IN2. The van der Waals surface area contributed by atoms with Crippen molar-refractivity contribution in [3.63, 3.8) is 0 Å². The number of hydrogen-bond acceptors (Lipinski definition) is 2. The molecule has 0 spiro atoms. The Morgan fingerprint density at radius 3 is 3.11 bits per heavy atom. The highest BCUT2D eigenvalue weighted by molar-refractivity contribution is 14.1. The summed E-state index contributed by atoms with van der Waals surface area (Å²) in [5.41, 5.74) is 0. The Bertz CT molecular complexity index is 118. The van der Waals surface area contributed by atoms with Gasteiger partial charge in [0, 0.05) is 29.4 Å². The minimum absolute atomic E-state index is 0.714. The third-order valence-electron chi connectivity index (χ3n) is 2.33. The van der Waals surface area contributed by atoms with Crippen molar-refractivity contribution in [2.45, 2.75) is 19.0 Å². The number of nitrogens with zero attached hydrogens (tertiary/aromatic N) is 1. The lowest BCUT2D eigenvalue weighted by Gasteiger charge is -2.15. The molecule has 2 heterocycles. The van der Waals surface area contributed by atoms with Crippen molar-refractivity contribution < 1.29 is 0 Å². The summed E-state index contributed by atoms with van der Waals surface area (Å²) in [5.74, 6) is 0.960. The maximum absolute atomic E-state index is 3.49. The summed E-state index contributed by atoms with van der Waals surface area (Å²) in [6, 6.07) is 0. The van der Waals surface area contributed by atoms with Crippen molar-refractivity contribution in [3.8, 4) is 0 Å². The standard InChI is InChI=1S/C6H11IN2/c7-9-4-2-5-1-3-8-6(5)9/h5-6,8H,1-4H2. The van der Waals surface area contributed by atoms with E-state index in [1.165, 1.54) is 25.9 Å². The fraction of sp³-hybridized carbons (Fsp3) is 1.00. The summed E-state index contributed by atoms with van der Waals surface area (Å²) >= 11 is 2.42. The molecule has 0 bridgehead atoms. The molecule has 0 aromatic carbocycles. The zero-order valence-electron chi connectivity index (χ0n) is 5.31. The highest BCUT2D eigenvalue weighted by Gasteiger charge is 2.35. The molecule has 0 amide bonds. The largest absolute Gasteiger partial charge is 0.301 e. The summed E-state index contributed by atoms with van der Waals surface area (Å²) < 4.78 is 2.40. The van der Waals surface area contributed by atoms with Gasteiger partial charge in [-0.2, -0.15) is 0 Å². The molecule has 0 aliphatic carbocycles. The van der Waals surface area contributed by atoms with Crippen LogP contribution in [0.2, 0.25) is 0 Å². The SMILES string of the molecule is IN1CCC2CCNC21. The van der Waals surface area contributed by atoms with Crippen LogP contribution in [0.5, 0.6) is 0 Å². The summed E-state index contributed by atoms with van der Waals surface area (Å²) in [6.07, 6.45) is 3.51. The lowest BCUT2D eigenvalue weighted by Crippen LogP contribution is -2.33. The lowest BCUT2D eigenvalue weighted by atomic mass is 10.1. The topological polar surface area (TPSA) is 15.3 Å². The average Bonchev–Trinajstić information content (AvgIpc) is 2.35. The first-order valence-electron chi connectivity index (χ1n) is 3.54. The van der Waals surface area contributed by atoms with Crippen molar-refractivity contribution >= 4 is 22.9 Å². The highest BCUT2D eigenvalue weighted by Crippen LogP contribution is 2.31. The summed E-state index contributed by atoms with van der Waals surface area (Å²) in [5, 5.41) is 3.49. The van der Waals surface area contributed by atoms with Crippen molar-refractivity contribution in [3.05, 3.63) is 0 Å². The van der Waals surface area contributed by atoms with Gasteiger partial charge < -0.3 is 5.32 Å². The van der Waals surface area contributed by atoms with Crippen LogP contribution in [-0.4, -0.2) is 22.4 Å². The molecule has 2 unspecified atom stereocenters. The van der Waals surface area contributed by atoms with Crippen LogP contribution in [-0.2, 0) is 0 Å². The second-order valence-corrected chi connectivity index (χ2v) is 4.10. The molecule has 0 aromatic heterocycles. The van der Waals surface area contributed by atoms with Gasteiger partial charge >= 0.3 is 0 Å². The van der Waals surface area contributed by atoms with Crippen LogP contribution in [0.4, 0.5) is 0 Å². The van der Waals surface area contributed by atoms with E-state index < -0.39 is 0 Å². The first-order valence-corrected chi connectivity index (χ1v) is 4.50. The number of nitrogens with one attached hydrogen (secondary N) is 1. The van der Waals surface area contributed by atoms with Crippen LogP contribution >= 0.6 is 22.9 Å². The van der Waals surface area contributed by atoms with Crippen LogP contribution in [0.15, 0.2) is 0 Å². The maximum atomic E-state index is 3.49. The molecular weight excluding hydrogens is 227 g/mol. The van der Waals surface area contributed by atoms with Gasteiger partial charge in [0.1, 0.15) is 0 Å². The van der Waals surface area contributed by atoms with E-state index >= 15 is 0 Å². The third-order valence-corrected chi connectivity index (χ3v) is 3.41. The molecule has 0 radical (unpaired) electrons. The monoisotopic (exact) mass is 238 g/mol. The van der Waals surface area contributed by atoms with Crippen molar-refractivity contribution in [2.24, 2.45) is 5.92 Å². The Balaban J connectivity index is 2.07. The predicted molar refractivity (Wildman–Crippen MR) is 45.2 cm³/mol. The third kappa shape index (κ3) is 0.991. The van der Waals surface area contributed by atoms with Gasteiger partial charge in [0.2, 0.25) is 0 Å². The van der Waals surface area contributed by atoms with E-state index in [2.05, 4.69) is 31.3 Å². The molecule has 2 atom stereocenters. The van der Waals surface area contributed by atoms with E-state index in [1.54, 1.807) is 0 Å². The van der Waals surface area contributed by atoms with E-state index in [0.29, 0.717) is 6.17 Å². The number of halogens is 1. The summed E-state index contributed by atoms with van der Waals surface area (Å²) in [7, 11) is 0. The summed E-state index contributed by atoms with van der Waals surface area (Å²) in [6.45, 7) is 2.51. The lowest BCUT2D eigenvalue weighted by molar-refractivity contribution is 0.396. The Morgan fingerprint density at radius 1 is 1.44 bits per heavy atom. The van der Waals surface area contributed by atoms with Gasteiger partial charge in [-0.25, -0.2) is 3.11 Å². The van der Waals surface area contributed by atoms with Crippen LogP contribution in [0, 0.1) is 5.92 Å². The Kier molecular flexibility index (Phi) is 1.67. The van der Waals surface area contributed by atoms with Crippen molar-refractivity contribution in [2.75, 3.05) is 13.1 Å². The second-order valence-electron chi connectivity index (χ2n) is 2.86. The number of hydrogen-bond donors (Lipinski definition) is 1. The Labute approximate surface area is 69.5 Å². The maximum Gasteiger partial charge on any atom is 0.0718 e. The van der Waals surface area contributed by atoms with Gasteiger partial charge in [-0.15, -0.1) is 0 Å². The Morgan fingerprint density at radius 2 is 2.33 bits per heavy atom. The van der Waals surface area contributed by atoms with E-state index in [0.717, 1.165) is 5.92 Å². The van der Waals surface area contributed by atoms with E-state index in [1.807, 2.05) is 0 Å². The summed E-state index contributed by atoms with van der Waals surface area (Å²) in [4.78, 5) is 0. The smallest absolute Gasteiger partial charge is 0.0718 e. The first-order chi connectivity index (χ1) is 4.38. The van der Waals surface area contributed by atoms with Crippen LogP contribution in [0.3, 0.4) is 0 Å². The van der Waals surface area contributed by atoms with Gasteiger partial charge in [0.15, 0.2) is 0 Å². The second kappa shape index (κ2) is 2.36. The Hall–Kier alpha value is 0.650. The van der Waals surface area contributed by atoms with E-state index in [4.69, 9.17) is 0 Å².